The zero-order valence-electron chi connectivity index (χ0n) is 16.7. The van der Waals surface area contributed by atoms with Crippen molar-refractivity contribution in [3.63, 3.8) is 0 Å². The molecule has 1 aromatic heterocycles. The van der Waals surface area contributed by atoms with Gasteiger partial charge < -0.3 is 16.5 Å². The lowest BCUT2D eigenvalue weighted by molar-refractivity contribution is -0.118. The van der Waals surface area contributed by atoms with Crippen molar-refractivity contribution >= 4 is 29.1 Å². The summed E-state index contributed by atoms with van der Waals surface area (Å²) in [6.45, 7) is 2.01. The molecule has 0 bridgehead atoms. The fourth-order valence-electron chi connectivity index (χ4n) is 3.71. The van der Waals surface area contributed by atoms with Gasteiger partial charge in [0.05, 0.1) is 5.56 Å². The van der Waals surface area contributed by atoms with Crippen molar-refractivity contribution in [1.29, 1.82) is 5.41 Å². The summed E-state index contributed by atoms with van der Waals surface area (Å²) < 4.78 is 0. The summed E-state index contributed by atoms with van der Waals surface area (Å²) in [7, 11) is 0. The lowest BCUT2D eigenvalue weighted by Gasteiger charge is -2.24. The maximum atomic E-state index is 12.9. The molecule has 1 atom stereocenters. The molecule has 3 rings (SSSR count). The third kappa shape index (κ3) is 5.87. The molecule has 1 aromatic carbocycles. The molecule has 2 aromatic rings. The molecule has 158 valence electrons. The van der Waals surface area contributed by atoms with E-state index in [1.165, 1.54) is 0 Å². The normalized spacial score (nSPS) is 16.4. The molecule has 0 saturated carbocycles. The molecule has 4 N–H and O–H groups in total. The van der Waals surface area contributed by atoms with E-state index in [-0.39, 0.29) is 17.9 Å². The third-order valence-corrected chi connectivity index (χ3v) is 5.58. The molecule has 0 aliphatic carbocycles. The number of primary amides is 1. The van der Waals surface area contributed by atoms with Gasteiger partial charge in [-0.05, 0) is 43.1 Å². The standard InChI is InChI=1S/C22H26ClN5O2/c23-16-5-3-15(4-6-16)12-20(24)19-14-26-9-7-18(19)22(30)27-13-17-2-1-10-28(17)11-8-21(25)29/h3-7,9,14,17,24H,1-2,8,10-13H2,(H2,25,29)(H,27,30). The van der Waals surface area contributed by atoms with Gasteiger partial charge in [-0.25, -0.2) is 0 Å². The lowest BCUT2D eigenvalue weighted by Crippen LogP contribution is -2.41. The Labute approximate surface area is 181 Å². The van der Waals surface area contributed by atoms with Crippen molar-refractivity contribution in [1.82, 2.24) is 15.2 Å². The topological polar surface area (TPSA) is 112 Å². The number of rotatable bonds is 9. The molecular formula is C22H26ClN5O2. The van der Waals surface area contributed by atoms with Crippen LogP contribution in [0.4, 0.5) is 0 Å². The summed E-state index contributed by atoms with van der Waals surface area (Å²) in [5, 5.41) is 12.1. The zero-order valence-corrected chi connectivity index (χ0v) is 17.5. The van der Waals surface area contributed by atoms with Gasteiger partial charge in [-0.15, -0.1) is 0 Å². The number of carbonyl (C=O) groups excluding carboxylic acids is 2. The number of nitrogens with one attached hydrogen (secondary N) is 2. The molecule has 30 heavy (non-hydrogen) atoms. The van der Waals surface area contributed by atoms with E-state index in [4.69, 9.17) is 22.7 Å². The Hall–Kier alpha value is -2.77. The largest absolute Gasteiger partial charge is 0.370 e. The number of halogens is 1. The Morgan fingerprint density at radius 1 is 1.23 bits per heavy atom. The zero-order chi connectivity index (χ0) is 21.5. The van der Waals surface area contributed by atoms with Gasteiger partial charge in [0.1, 0.15) is 0 Å². The average Bonchev–Trinajstić information content (AvgIpc) is 3.19. The second-order valence-electron chi connectivity index (χ2n) is 7.46. The summed E-state index contributed by atoms with van der Waals surface area (Å²) in [4.78, 5) is 30.2. The molecular weight excluding hydrogens is 402 g/mol. The minimum Gasteiger partial charge on any atom is -0.370 e. The molecule has 2 amide bonds. The number of nitrogens with two attached hydrogens (primary N) is 1. The van der Waals surface area contributed by atoms with E-state index in [9.17, 15) is 9.59 Å². The highest BCUT2D eigenvalue weighted by molar-refractivity contribution is 6.30. The van der Waals surface area contributed by atoms with E-state index in [1.54, 1.807) is 30.6 Å². The number of aromatic nitrogens is 1. The van der Waals surface area contributed by atoms with Crippen molar-refractivity contribution in [3.8, 4) is 0 Å². The summed E-state index contributed by atoms with van der Waals surface area (Å²) in [5.74, 6) is -0.541. The Kier molecular flexibility index (Phi) is 7.54. The molecule has 0 radical (unpaired) electrons. The van der Waals surface area contributed by atoms with Crippen LogP contribution in [0.15, 0.2) is 42.7 Å². The van der Waals surface area contributed by atoms with Crippen molar-refractivity contribution in [2.24, 2.45) is 5.73 Å². The van der Waals surface area contributed by atoms with Crippen molar-refractivity contribution < 1.29 is 9.59 Å². The molecule has 7 nitrogen and oxygen atoms in total. The molecule has 1 fully saturated rings. The van der Waals surface area contributed by atoms with Crippen molar-refractivity contribution in [3.05, 3.63) is 64.4 Å². The SMILES string of the molecule is N=C(Cc1ccc(Cl)cc1)c1cnccc1C(=O)NCC1CCCN1CCC(N)=O. The first-order valence-electron chi connectivity index (χ1n) is 10.0. The minimum atomic E-state index is -0.315. The Bertz CT molecular complexity index is 916. The first-order valence-corrected chi connectivity index (χ1v) is 10.4. The highest BCUT2D eigenvalue weighted by atomic mass is 35.5. The number of hydrogen-bond acceptors (Lipinski definition) is 5. The maximum Gasteiger partial charge on any atom is 0.252 e. The van der Waals surface area contributed by atoms with Crippen LogP contribution in [0.3, 0.4) is 0 Å². The van der Waals surface area contributed by atoms with E-state index in [0.29, 0.717) is 47.8 Å². The summed E-state index contributed by atoms with van der Waals surface area (Å²) >= 11 is 5.92. The molecule has 1 saturated heterocycles. The van der Waals surface area contributed by atoms with Gasteiger partial charge in [0.25, 0.3) is 5.91 Å². The molecule has 1 aliphatic rings. The fraction of sp³-hybridized carbons (Fsp3) is 0.364. The van der Waals surface area contributed by atoms with Gasteiger partial charge in [0.2, 0.25) is 5.91 Å². The highest BCUT2D eigenvalue weighted by Crippen LogP contribution is 2.18. The summed E-state index contributed by atoms with van der Waals surface area (Å²) in [6.07, 6.45) is 5.82. The van der Waals surface area contributed by atoms with Crippen LogP contribution in [-0.4, -0.2) is 53.1 Å². The van der Waals surface area contributed by atoms with E-state index in [2.05, 4.69) is 15.2 Å². The van der Waals surface area contributed by atoms with E-state index < -0.39 is 0 Å². The predicted octanol–water partition coefficient (Wildman–Crippen LogP) is 2.42. The van der Waals surface area contributed by atoms with E-state index in [1.807, 2.05) is 12.1 Å². The van der Waals surface area contributed by atoms with E-state index >= 15 is 0 Å². The van der Waals surface area contributed by atoms with Gasteiger partial charge in [-0.2, -0.15) is 0 Å². The molecule has 0 spiro atoms. The molecule has 1 aliphatic heterocycles. The number of benzene rings is 1. The highest BCUT2D eigenvalue weighted by Gasteiger charge is 2.25. The number of amides is 2. The van der Waals surface area contributed by atoms with Crippen LogP contribution in [0.1, 0.15) is 40.7 Å². The van der Waals surface area contributed by atoms with Gasteiger partial charge in [-0.1, -0.05) is 23.7 Å². The number of hydrogen-bond donors (Lipinski definition) is 3. The second kappa shape index (κ2) is 10.3. The van der Waals surface area contributed by atoms with Gasteiger partial charge >= 0.3 is 0 Å². The quantitative estimate of drug-likeness (QED) is 0.533. The first kappa shape index (κ1) is 21.9. The van der Waals surface area contributed by atoms with Crippen molar-refractivity contribution in [2.75, 3.05) is 19.6 Å². The molecule has 8 heteroatoms. The molecule has 1 unspecified atom stereocenters. The van der Waals surface area contributed by atoms with Gasteiger partial charge in [0, 0.05) is 60.7 Å². The number of pyridine rings is 1. The Balaban J connectivity index is 1.63. The minimum absolute atomic E-state index is 0.187. The van der Waals surface area contributed by atoms with Gasteiger partial charge in [0.15, 0.2) is 0 Å². The van der Waals surface area contributed by atoms with Crippen LogP contribution in [0.5, 0.6) is 0 Å². The van der Waals surface area contributed by atoms with Crippen LogP contribution < -0.4 is 11.1 Å². The number of nitrogens with zero attached hydrogens (tertiary/aromatic N) is 2. The summed E-state index contributed by atoms with van der Waals surface area (Å²) in [6, 6.07) is 9.13. The predicted molar refractivity (Wildman–Crippen MR) is 117 cm³/mol. The van der Waals surface area contributed by atoms with E-state index in [0.717, 1.165) is 24.9 Å². The maximum absolute atomic E-state index is 12.9. The first-order chi connectivity index (χ1) is 14.4. The Morgan fingerprint density at radius 3 is 2.73 bits per heavy atom. The van der Waals surface area contributed by atoms with Crippen LogP contribution in [-0.2, 0) is 11.2 Å². The smallest absolute Gasteiger partial charge is 0.252 e. The molecule has 2 heterocycles. The Morgan fingerprint density at radius 2 is 2.00 bits per heavy atom. The second-order valence-corrected chi connectivity index (χ2v) is 7.90. The average molecular weight is 428 g/mol. The number of likely N-dealkylation sites (tertiary alicyclic amines) is 1. The fourth-order valence-corrected chi connectivity index (χ4v) is 3.84. The number of carbonyl (C=O) groups is 2. The monoisotopic (exact) mass is 427 g/mol. The van der Waals surface area contributed by atoms with Crippen LogP contribution in [0.25, 0.3) is 0 Å². The lowest BCUT2D eigenvalue weighted by atomic mass is 9.99. The summed E-state index contributed by atoms with van der Waals surface area (Å²) in [5.41, 5.74) is 7.46. The third-order valence-electron chi connectivity index (χ3n) is 5.33. The van der Waals surface area contributed by atoms with Crippen LogP contribution >= 0.6 is 11.6 Å². The van der Waals surface area contributed by atoms with Crippen molar-refractivity contribution in [2.45, 2.75) is 31.7 Å². The van der Waals surface area contributed by atoms with Gasteiger partial charge in [-0.3, -0.25) is 19.5 Å². The van der Waals surface area contributed by atoms with Crippen LogP contribution in [0.2, 0.25) is 5.02 Å². The van der Waals surface area contributed by atoms with Crippen LogP contribution in [0, 0.1) is 5.41 Å².